The molecule has 1 amide bonds. The molecule has 0 aliphatic carbocycles. The number of nitrogens with zero attached hydrogens (tertiary/aromatic N) is 4. The minimum Gasteiger partial charge on any atom is -0.374 e. The maximum atomic E-state index is 12.0. The molecule has 0 aromatic carbocycles. The van der Waals surface area contributed by atoms with Crippen LogP contribution < -0.4 is 15.8 Å². The molecule has 1 fully saturated rings. The molecule has 1 atom stereocenters. The number of anilines is 1. The Morgan fingerprint density at radius 1 is 1.52 bits per heavy atom. The summed E-state index contributed by atoms with van der Waals surface area (Å²) >= 11 is 0. The van der Waals surface area contributed by atoms with Gasteiger partial charge in [0.25, 0.3) is 11.5 Å². The average Bonchev–Trinajstić information content (AvgIpc) is 3.04. The number of amides is 1. The molecule has 1 aliphatic heterocycles. The van der Waals surface area contributed by atoms with Crippen LogP contribution in [0.5, 0.6) is 0 Å². The fraction of sp³-hybridized carbons (Fsp3) is 0.500. The standard InChI is InChI=1S/C16H22N6O3/c1-11-15(19-10-18-11)16(24)17-4-3-13-9-22(5-6-25-13)12-7-14(23)21(2)20-8-12/h7-8,10,13H,3-6,9H2,1-2H3,(H,17,24)(H,18,19)/t13-/m1/s1. The molecule has 0 radical (unpaired) electrons. The number of carbonyl (C=O) groups is 1. The molecule has 1 aliphatic rings. The van der Waals surface area contributed by atoms with Crippen LogP contribution in [0.2, 0.25) is 0 Å². The normalized spacial score (nSPS) is 17.5. The second-order valence-corrected chi connectivity index (χ2v) is 6.04. The molecule has 0 bridgehead atoms. The lowest BCUT2D eigenvalue weighted by atomic mass is 10.2. The van der Waals surface area contributed by atoms with Crippen LogP contribution in [0.15, 0.2) is 23.4 Å². The Hall–Kier alpha value is -2.68. The molecular formula is C16H22N6O3. The number of morpholine rings is 1. The van der Waals surface area contributed by atoms with Gasteiger partial charge < -0.3 is 19.9 Å². The van der Waals surface area contributed by atoms with Crippen LogP contribution in [0.1, 0.15) is 22.6 Å². The van der Waals surface area contributed by atoms with Crippen molar-refractivity contribution >= 4 is 11.6 Å². The van der Waals surface area contributed by atoms with Gasteiger partial charge in [-0.1, -0.05) is 0 Å². The first-order valence-corrected chi connectivity index (χ1v) is 8.22. The predicted octanol–water partition coefficient (Wildman–Crippen LogP) is -0.163. The quantitative estimate of drug-likeness (QED) is 0.779. The number of H-pyrrole nitrogens is 1. The highest BCUT2D eigenvalue weighted by atomic mass is 16.5. The number of aromatic nitrogens is 4. The lowest BCUT2D eigenvalue weighted by Gasteiger charge is -2.34. The number of nitrogens with one attached hydrogen (secondary N) is 2. The van der Waals surface area contributed by atoms with Crippen molar-refractivity contribution in [3.63, 3.8) is 0 Å². The van der Waals surface area contributed by atoms with Gasteiger partial charge in [0.2, 0.25) is 0 Å². The Kier molecular flexibility index (Phi) is 5.13. The first kappa shape index (κ1) is 17.2. The Morgan fingerprint density at radius 2 is 2.36 bits per heavy atom. The van der Waals surface area contributed by atoms with Gasteiger partial charge in [0, 0.05) is 38.4 Å². The highest BCUT2D eigenvalue weighted by Gasteiger charge is 2.21. The van der Waals surface area contributed by atoms with Crippen molar-refractivity contribution in [3.8, 4) is 0 Å². The van der Waals surface area contributed by atoms with Gasteiger partial charge in [-0.05, 0) is 13.3 Å². The number of hydrogen-bond acceptors (Lipinski definition) is 6. The lowest BCUT2D eigenvalue weighted by Crippen LogP contribution is -2.44. The summed E-state index contributed by atoms with van der Waals surface area (Å²) in [4.78, 5) is 32.7. The third-order valence-electron chi connectivity index (χ3n) is 4.25. The molecule has 0 spiro atoms. The molecule has 0 unspecified atom stereocenters. The van der Waals surface area contributed by atoms with Crippen LogP contribution in [-0.4, -0.2) is 58.0 Å². The van der Waals surface area contributed by atoms with Crippen molar-refractivity contribution in [2.45, 2.75) is 19.4 Å². The molecule has 1 saturated heterocycles. The van der Waals surface area contributed by atoms with E-state index in [4.69, 9.17) is 4.74 Å². The Balaban J connectivity index is 1.52. The van der Waals surface area contributed by atoms with E-state index < -0.39 is 0 Å². The van der Waals surface area contributed by atoms with Gasteiger partial charge in [0.05, 0.1) is 30.9 Å². The summed E-state index contributed by atoms with van der Waals surface area (Å²) in [5.74, 6) is -0.192. The average molecular weight is 346 g/mol. The molecule has 2 aromatic heterocycles. The third kappa shape index (κ3) is 4.05. The minimum absolute atomic E-state index is 0.0154. The van der Waals surface area contributed by atoms with Crippen LogP contribution in [-0.2, 0) is 11.8 Å². The van der Waals surface area contributed by atoms with Gasteiger partial charge in [-0.3, -0.25) is 9.59 Å². The molecular weight excluding hydrogens is 324 g/mol. The molecule has 9 nitrogen and oxygen atoms in total. The molecule has 2 N–H and O–H groups in total. The Labute approximate surface area is 145 Å². The summed E-state index contributed by atoms with van der Waals surface area (Å²) in [7, 11) is 1.62. The van der Waals surface area contributed by atoms with Gasteiger partial charge in [0.1, 0.15) is 5.69 Å². The van der Waals surface area contributed by atoms with E-state index in [-0.39, 0.29) is 17.6 Å². The summed E-state index contributed by atoms with van der Waals surface area (Å²) < 4.78 is 7.06. The van der Waals surface area contributed by atoms with E-state index in [1.54, 1.807) is 19.3 Å². The van der Waals surface area contributed by atoms with Crippen LogP contribution in [0.4, 0.5) is 5.69 Å². The molecule has 25 heavy (non-hydrogen) atoms. The zero-order valence-corrected chi connectivity index (χ0v) is 14.4. The second-order valence-electron chi connectivity index (χ2n) is 6.04. The van der Waals surface area contributed by atoms with Crippen molar-refractivity contribution in [1.82, 2.24) is 25.1 Å². The van der Waals surface area contributed by atoms with Gasteiger partial charge in [-0.25, -0.2) is 9.67 Å². The Morgan fingerprint density at radius 3 is 3.08 bits per heavy atom. The summed E-state index contributed by atoms with van der Waals surface area (Å²) in [6, 6.07) is 1.58. The van der Waals surface area contributed by atoms with Gasteiger partial charge in [0.15, 0.2) is 0 Å². The van der Waals surface area contributed by atoms with Gasteiger partial charge >= 0.3 is 0 Å². The number of aromatic amines is 1. The van der Waals surface area contributed by atoms with Gasteiger partial charge in [-0.15, -0.1) is 0 Å². The minimum atomic E-state index is -0.192. The number of hydrogen-bond donors (Lipinski definition) is 2. The fourth-order valence-corrected chi connectivity index (χ4v) is 2.78. The molecule has 3 rings (SSSR count). The summed E-state index contributed by atoms with van der Waals surface area (Å²) in [5.41, 5.74) is 1.82. The summed E-state index contributed by atoms with van der Waals surface area (Å²) in [6.07, 6.45) is 3.86. The highest BCUT2D eigenvalue weighted by Crippen LogP contribution is 2.16. The van der Waals surface area contributed by atoms with Crippen molar-refractivity contribution < 1.29 is 9.53 Å². The van der Waals surface area contributed by atoms with Crippen molar-refractivity contribution in [2.24, 2.45) is 7.05 Å². The monoisotopic (exact) mass is 346 g/mol. The number of rotatable bonds is 5. The SMILES string of the molecule is Cc1[nH]cnc1C(=O)NCC[C@@H]1CN(c2cnn(C)c(=O)c2)CCO1. The number of imidazole rings is 1. The maximum absolute atomic E-state index is 12.0. The van der Waals surface area contributed by atoms with Crippen LogP contribution >= 0.6 is 0 Å². The lowest BCUT2D eigenvalue weighted by molar-refractivity contribution is 0.0353. The fourth-order valence-electron chi connectivity index (χ4n) is 2.78. The van der Waals surface area contributed by atoms with Gasteiger partial charge in [-0.2, -0.15) is 5.10 Å². The zero-order chi connectivity index (χ0) is 17.8. The number of aryl methyl sites for hydroxylation is 2. The molecule has 2 aromatic rings. The summed E-state index contributed by atoms with van der Waals surface area (Å²) in [6.45, 7) is 4.25. The van der Waals surface area contributed by atoms with E-state index in [1.165, 1.54) is 11.0 Å². The first-order valence-electron chi connectivity index (χ1n) is 8.22. The van der Waals surface area contributed by atoms with Crippen LogP contribution in [0.3, 0.4) is 0 Å². The van der Waals surface area contributed by atoms with E-state index in [0.717, 1.165) is 11.4 Å². The number of ether oxygens (including phenoxy) is 1. The third-order valence-corrected chi connectivity index (χ3v) is 4.25. The van der Waals surface area contributed by atoms with E-state index in [2.05, 4.69) is 25.3 Å². The summed E-state index contributed by atoms with van der Waals surface area (Å²) in [5, 5.41) is 6.91. The van der Waals surface area contributed by atoms with E-state index in [9.17, 15) is 9.59 Å². The van der Waals surface area contributed by atoms with Crippen molar-refractivity contribution in [2.75, 3.05) is 31.1 Å². The van der Waals surface area contributed by atoms with Crippen molar-refractivity contribution in [1.29, 1.82) is 0 Å². The molecule has 9 heteroatoms. The van der Waals surface area contributed by atoms with E-state index >= 15 is 0 Å². The Bertz CT molecular complexity index is 799. The van der Waals surface area contributed by atoms with Crippen molar-refractivity contribution in [3.05, 3.63) is 40.3 Å². The topological polar surface area (TPSA) is 105 Å². The second kappa shape index (κ2) is 7.47. The number of carbonyl (C=O) groups excluding carboxylic acids is 1. The zero-order valence-electron chi connectivity index (χ0n) is 14.4. The smallest absolute Gasteiger partial charge is 0.271 e. The molecule has 0 saturated carbocycles. The predicted molar refractivity (Wildman–Crippen MR) is 91.7 cm³/mol. The molecule has 3 heterocycles. The maximum Gasteiger partial charge on any atom is 0.271 e. The van der Waals surface area contributed by atoms with E-state index in [1.807, 2.05) is 6.92 Å². The molecule has 134 valence electrons. The van der Waals surface area contributed by atoms with E-state index in [0.29, 0.717) is 38.4 Å². The largest absolute Gasteiger partial charge is 0.374 e. The first-order chi connectivity index (χ1) is 12.0. The highest BCUT2D eigenvalue weighted by molar-refractivity contribution is 5.93. The van der Waals surface area contributed by atoms with Crippen LogP contribution in [0.25, 0.3) is 0 Å². The van der Waals surface area contributed by atoms with Crippen LogP contribution in [0, 0.1) is 6.92 Å².